The highest BCUT2D eigenvalue weighted by Gasteiger charge is 2.32. The van der Waals surface area contributed by atoms with Gasteiger partial charge in [0.05, 0.1) is 6.33 Å². The molecule has 132 valence electrons. The fraction of sp³-hybridized carbons (Fsp3) is 0.444. The maximum Gasteiger partial charge on any atom is 0.267 e. The molecule has 2 aliphatic rings. The van der Waals surface area contributed by atoms with Crippen molar-refractivity contribution in [3.05, 3.63) is 43.0 Å². The first-order chi connectivity index (χ1) is 12.3. The maximum absolute atomic E-state index is 12.7. The van der Waals surface area contributed by atoms with Crippen LogP contribution in [-0.2, 0) is 11.3 Å². The summed E-state index contributed by atoms with van der Waals surface area (Å²) in [5.41, 5.74) is 0. The standard InChI is InChI=1S/C18H22N4O3/c23-18(17-13-24-15-3-1-2-4-16(15)25-17)22-11-9-20(10-12-22)7-8-21-6-5-19-14-21/h1-6,14,17H,7-13H2. The second-order valence-electron chi connectivity index (χ2n) is 6.33. The molecule has 4 rings (SSSR count). The van der Waals surface area contributed by atoms with Crippen molar-refractivity contribution in [2.45, 2.75) is 12.6 Å². The first-order valence-corrected chi connectivity index (χ1v) is 8.65. The van der Waals surface area contributed by atoms with E-state index < -0.39 is 6.10 Å². The number of aromatic nitrogens is 2. The number of nitrogens with zero attached hydrogens (tertiary/aromatic N) is 4. The number of amides is 1. The van der Waals surface area contributed by atoms with Gasteiger partial charge in [0.25, 0.3) is 5.91 Å². The van der Waals surface area contributed by atoms with E-state index in [1.54, 1.807) is 6.20 Å². The summed E-state index contributed by atoms with van der Waals surface area (Å²) in [5.74, 6) is 1.37. The molecule has 0 spiro atoms. The van der Waals surface area contributed by atoms with Crippen LogP contribution < -0.4 is 9.47 Å². The SMILES string of the molecule is O=C(C1COc2ccccc2O1)N1CCN(CCn2ccnc2)CC1. The van der Waals surface area contributed by atoms with E-state index in [0.29, 0.717) is 11.5 Å². The van der Waals surface area contributed by atoms with Crippen LogP contribution in [0.4, 0.5) is 0 Å². The van der Waals surface area contributed by atoms with Crippen molar-refractivity contribution in [1.29, 1.82) is 0 Å². The molecule has 2 aromatic rings. The quantitative estimate of drug-likeness (QED) is 0.825. The van der Waals surface area contributed by atoms with Gasteiger partial charge in [-0.3, -0.25) is 9.69 Å². The molecule has 0 N–H and O–H groups in total. The highest BCUT2D eigenvalue weighted by molar-refractivity contribution is 5.82. The first kappa shape index (κ1) is 16.0. The molecule has 1 aromatic heterocycles. The molecule has 3 heterocycles. The number of piperazine rings is 1. The van der Waals surface area contributed by atoms with Gasteiger partial charge in [0.2, 0.25) is 6.10 Å². The van der Waals surface area contributed by atoms with Crippen molar-refractivity contribution in [2.75, 3.05) is 39.3 Å². The summed E-state index contributed by atoms with van der Waals surface area (Å²) >= 11 is 0. The predicted octanol–water partition coefficient (Wildman–Crippen LogP) is 0.867. The van der Waals surface area contributed by atoms with Crippen LogP contribution in [0.15, 0.2) is 43.0 Å². The second kappa shape index (κ2) is 7.14. The molecule has 7 heteroatoms. The minimum absolute atomic E-state index is 0.0174. The third-order valence-corrected chi connectivity index (χ3v) is 4.70. The Morgan fingerprint density at radius 2 is 1.92 bits per heavy atom. The lowest BCUT2D eigenvalue weighted by Crippen LogP contribution is -2.54. The lowest BCUT2D eigenvalue weighted by molar-refractivity contribution is -0.143. The van der Waals surface area contributed by atoms with Gasteiger partial charge < -0.3 is 18.9 Å². The van der Waals surface area contributed by atoms with Crippen LogP contribution in [-0.4, -0.2) is 70.7 Å². The molecule has 1 atom stereocenters. The van der Waals surface area contributed by atoms with E-state index in [9.17, 15) is 4.79 Å². The van der Waals surface area contributed by atoms with Gasteiger partial charge in [-0.2, -0.15) is 0 Å². The van der Waals surface area contributed by atoms with Crippen molar-refractivity contribution in [1.82, 2.24) is 19.4 Å². The third-order valence-electron chi connectivity index (χ3n) is 4.70. The summed E-state index contributed by atoms with van der Waals surface area (Å²) < 4.78 is 13.6. The zero-order valence-electron chi connectivity index (χ0n) is 14.1. The Morgan fingerprint density at radius 1 is 1.12 bits per heavy atom. The second-order valence-corrected chi connectivity index (χ2v) is 6.33. The predicted molar refractivity (Wildman–Crippen MR) is 91.6 cm³/mol. The van der Waals surface area contributed by atoms with Gasteiger partial charge in [-0.25, -0.2) is 4.98 Å². The maximum atomic E-state index is 12.7. The molecule has 1 saturated heterocycles. The summed E-state index contributed by atoms with van der Waals surface area (Å²) in [6.45, 7) is 5.37. The molecule has 7 nitrogen and oxygen atoms in total. The number of benzene rings is 1. The van der Waals surface area contributed by atoms with Gasteiger partial charge in [-0.1, -0.05) is 12.1 Å². The third kappa shape index (κ3) is 3.61. The number of carbonyl (C=O) groups is 1. The smallest absolute Gasteiger partial charge is 0.267 e. The largest absolute Gasteiger partial charge is 0.485 e. The topological polar surface area (TPSA) is 59.8 Å². The minimum atomic E-state index is -0.549. The molecule has 25 heavy (non-hydrogen) atoms. The molecule has 1 unspecified atom stereocenters. The Balaban J connectivity index is 1.27. The molecule has 0 saturated carbocycles. The van der Waals surface area contributed by atoms with E-state index in [1.165, 1.54) is 0 Å². The van der Waals surface area contributed by atoms with Crippen molar-refractivity contribution in [2.24, 2.45) is 0 Å². The van der Waals surface area contributed by atoms with Crippen LogP contribution in [0.3, 0.4) is 0 Å². The van der Waals surface area contributed by atoms with Crippen molar-refractivity contribution >= 4 is 5.91 Å². The van der Waals surface area contributed by atoms with Crippen LogP contribution >= 0.6 is 0 Å². The van der Waals surface area contributed by atoms with Gasteiger partial charge in [0.1, 0.15) is 6.61 Å². The Labute approximate surface area is 146 Å². The van der Waals surface area contributed by atoms with Crippen molar-refractivity contribution in [3.63, 3.8) is 0 Å². The Hall–Kier alpha value is -2.54. The first-order valence-electron chi connectivity index (χ1n) is 8.65. The van der Waals surface area contributed by atoms with Crippen LogP contribution in [0.25, 0.3) is 0 Å². The highest BCUT2D eigenvalue weighted by atomic mass is 16.6. The molecule has 1 aromatic carbocycles. The lowest BCUT2D eigenvalue weighted by atomic mass is 10.2. The van der Waals surface area contributed by atoms with Gasteiger partial charge in [0, 0.05) is 51.7 Å². The lowest BCUT2D eigenvalue weighted by Gasteiger charge is -2.37. The normalized spacial score (nSPS) is 20.5. The fourth-order valence-electron chi connectivity index (χ4n) is 3.21. The highest BCUT2D eigenvalue weighted by Crippen LogP contribution is 2.31. The van der Waals surface area contributed by atoms with Crippen LogP contribution in [0.2, 0.25) is 0 Å². The number of imidazole rings is 1. The van der Waals surface area contributed by atoms with Gasteiger partial charge in [0.15, 0.2) is 11.5 Å². The molecular weight excluding hydrogens is 320 g/mol. The number of rotatable bonds is 4. The summed E-state index contributed by atoms with van der Waals surface area (Å²) in [7, 11) is 0. The minimum Gasteiger partial charge on any atom is -0.485 e. The molecular formula is C18H22N4O3. The summed E-state index contributed by atoms with van der Waals surface area (Å²) in [4.78, 5) is 21.0. The van der Waals surface area contributed by atoms with Crippen LogP contribution in [0.5, 0.6) is 11.5 Å². The molecule has 0 radical (unpaired) electrons. The van der Waals surface area contributed by atoms with E-state index in [1.807, 2.05) is 41.7 Å². The van der Waals surface area contributed by atoms with E-state index in [-0.39, 0.29) is 12.5 Å². The average molecular weight is 342 g/mol. The zero-order chi connectivity index (χ0) is 17.1. The Bertz CT molecular complexity index is 711. The Kier molecular flexibility index (Phi) is 4.56. The van der Waals surface area contributed by atoms with E-state index in [2.05, 4.69) is 14.5 Å². The number of hydrogen-bond acceptors (Lipinski definition) is 5. The number of ether oxygens (including phenoxy) is 2. The molecule has 0 bridgehead atoms. The van der Waals surface area contributed by atoms with E-state index in [4.69, 9.17) is 9.47 Å². The number of para-hydroxylation sites is 2. The van der Waals surface area contributed by atoms with Crippen molar-refractivity contribution in [3.8, 4) is 11.5 Å². The average Bonchev–Trinajstić information content (AvgIpc) is 3.19. The van der Waals surface area contributed by atoms with Gasteiger partial charge in [-0.05, 0) is 12.1 Å². The molecule has 0 aliphatic carbocycles. The zero-order valence-corrected chi connectivity index (χ0v) is 14.1. The molecule has 1 fully saturated rings. The van der Waals surface area contributed by atoms with Gasteiger partial charge >= 0.3 is 0 Å². The number of hydrogen-bond donors (Lipinski definition) is 0. The van der Waals surface area contributed by atoms with E-state index >= 15 is 0 Å². The molecule has 2 aliphatic heterocycles. The monoisotopic (exact) mass is 342 g/mol. The van der Waals surface area contributed by atoms with Crippen LogP contribution in [0, 0.1) is 0 Å². The number of fused-ring (bicyclic) bond motifs is 1. The molecule has 1 amide bonds. The van der Waals surface area contributed by atoms with Crippen LogP contribution in [0.1, 0.15) is 0 Å². The van der Waals surface area contributed by atoms with Gasteiger partial charge in [-0.15, -0.1) is 0 Å². The number of carbonyl (C=O) groups excluding carboxylic acids is 1. The summed E-state index contributed by atoms with van der Waals surface area (Å²) in [6.07, 6.45) is 5.05. The van der Waals surface area contributed by atoms with Crippen molar-refractivity contribution < 1.29 is 14.3 Å². The summed E-state index contributed by atoms with van der Waals surface area (Å²) in [5, 5.41) is 0. The van der Waals surface area contributed by atoms with E-state index in [0.717, 1.165) is 39.3 Å². The summed E-state index contributed by atoms with van der Waals surface area (Å²) in [6, 6.07) is 7.47. The fourth-order valence-corrected chi connectivity index (χ4v) is 3.21. The Morgan fingerprint density at radius 3 is 2.68 bits per heavy atom.